The lowest BCUT2D eigenvalue weighted by atomic mass is 10.0. The smallest absolute Gasteiger partial charge is 0.254 e. The molecule has 124 valence electrons. The highest BCUT2D eigenvalue weighted by Crippen LogP contribution is 2.20. The summed E-state index contributed by atoms with van der Waals surface area (Å²) in [7, 11) is 0. The average Bonchev–Trinajstić information content (AvgIpc) is 2.55. The molecule has 1 aliphatic heterocycles. The summed E-state index contributed by atoms with van der Waals surface area (Å²) >= 11 is 0. The number of ether oxygens (including phenoxy) is 1. The van der Waals surface area contributed by atoms with E-state index in [4.69, 9.17) is 10.5 Å². The van der Waals surface area contributed by atoms with Crippen LogP contribution in [0.15, 0.2) is 24.3 Å². The summed E-state index contributed by atoms with van der Waals surface area (Å²) in [6, 6.07) is 7.65. The number of hydrogen-bond acceptors (Lipinski definition) is 3. The van der Waals surface area contributed by atoms with Crippen molar-refractivity contribution in [2.75, 3.05) is 19.7 Å². The molecule has 2 rings (SSSR count). The van der Waals surface area contributed by atoms with E-state index in [1.165, 1.54) is 0 Å². The molecule has 1 atom stereocenters. The van der Waals surface area contributed by atoms with Gasteiger partial charge < -0.3 is 15.4 Å². The van der Waals surface area contributed by atoms with Gasteiger partial charge in [0.25, 0.3) is 5.91 Å². The van der Waals surface area contributed by atoms with Gasteiger partial charge in [0.05, 0.1) is 6.61 Å². The van der Waals surface area contributed by atoms with Gasteiger partial charge in [-0.3, -0.25) is 4.79 Å². The summed E-state index contributed by atoms with van der Waals surface area (Å²) < 4.78 is 5.62. The van der Waals surface area contributed by atoms with E-state index in [2.05, 4.69) is 6.92 Å². The average molecular weight is 327 g/mol. The first kappa shape index (κ1) is 18.8. The van der Waals surface area contributed by atoms with Crippen LogP contribution in [0.5, 0.6) is 5.75 Å². The molecular weight excluding hydrogens is 300 g/mol. The van der Waals surface area contributed by atoms with Crippen molar-refractivity contribution in [3.63, 3.8) is 0 Å². The lowest BCUT2D eigenvalue weighted by Crippen LogP contribution is -2.47. The van der Waals surface area contributed by atoms with Gasteiger partial charge in [-0.05, 0) is 49.9 Å². The predicted octanol–water partition coefficient (Wildman–Crippen LogP) is 3.24. The summed E-state index contributed by atoms with van der Waals surface area (Å²) in [6.45, 7) is 4.22. The van der Waals surface area contributed by atoms with Crippen molar-refractivity contribution in [2.45, 2.75) is 45.1 Å². The Morgan fingerprint density at radius 1 is 1.32 bits per heavy atom. The molecule has 1 saturated heterocycles. The third kappa shape index (κ3) is 4.89. The van der Waals surface area contributed by atoms with Gasteiger partial charge in [-0.25, -0.2) is 0 Å². The molecule has 1 aliphatic rings. The van der Waals surface area contributed by atoms with Crippen LogP contribution in [0.1, 0.15) is 49.4 Å². The maximum atomic E-state index is 12.6. The molecule has 1 unspecified atom stereocenters. The van der Waals surface area contributed by atoms with Crippen molar-refractivity contribution in [2.24, 2.45) is 5.73 Å². The molecule has 1 heterocycles. The Hall–Kier alpha value is -1.26. The highest BCUT2D eigenvalue weighted by molar-refractivity contribution is 5.94. The fourth-order valence-electron chi connectivity index (χ4n) is 2.71. The summed E-state index contributed by atoms with van der Waals surface area (Å²) in [4.78, 5) is 14.5. The number of amides is 1. The maximum Gasteiger partial charge on any atom is 0.254 e. The molecule has 1 fully saturated rings. The van der Waals surface area contributed by atoms with E-state index >= 15 is 0 Å². The Morgan fingerprint density at radius 3 is 2.68 bits per heavy atom. The third-order valence-corrected chi connectivity index (χ3v) is 4.03. The molecule has 4 nitrogen and oxygen atoms in total. The lowest BCUT2D eigenvalue weighted by molar-refractivity contribution is 0.0623. The third-order valence-electron chi connectivity index (χ3n) is 4.03. The van der Waals surface area contributed by atoms with Crippen LogP contribution in [0.25, 0.3) is 0 Å². The van der Waals surface area contributed by atoms with Crippen LogP contribution in [0.4, 0.5) is 0 Å². The molecule has 0 bridgehead atoms. The Kier molecular flexibility index (Phi) is 8.28. The Morgan fingerprint density at radius 2 is 2.05 bits per heavy atom. The number of halogens is 1. The number of piperidine rings is 1. The van der Waals surface area contributed by atoms with Crippen molar-refractivity contribution in [1.82, 2.24) is 4.90 Å². The van der Waals surface area contributed by atoms with Crippen molar-refractivity contribution >= 4 is 18.3 Å². The molecule has 1 aromatic carbocycles. The minimum absolute atomic E-state index is 0. The molecule has 5 heteroatoms. The van der Waals surface area contributed by atoms with Crippen LogP contribution in [0.3, 0.4) is 0 Å². The van der Waals surface area contributed by atoms with E-state index in [0.29, 0.717) is 6.54 Å². The normalized spacial score (nSPS) is 17.7. The number of hydrogen-bond donors (Lipinski definition) is 1. The minimum Gasteiger partial charge on any atom is -0.494 e. The molecule has 22 heavy (non-hydrogen) atoms. The summed E-state index contributed by atoms with van der Waals surface area (Å²) in [6.07, 6.45) is 5.41. The number of nitrogens with two attached hydrogens (primary N) is 1. The van der Waals surface area contributed by atoms with Crippen LogP contribution >= 0.6 is 12.4 Å². The van der Waals surface area contributed by atoms with E-state index < -0.39 is 0 Å². The van der Waals surface area contributed by atoms with E-state index in [1.54, 1.807) is 0 Å². The largest absolute Gasteiger partial charge is 0.494 e. The Bertz CT molecular complexity index is 450. The van der Waals surface area contributed by atoms with Crippen molar-refractivity contribution in [3.05, 3.63) is 29.8 Å². The number of rotatable bonds is 6. The Labute approximate surface area is 139 Å². The molecule has 0 saturated carbocycles. The van der Waals surface area contributed by atoms with Gasteiger partial charge in [0.15, 0.2) is 0 Å². The van der Waals surface area contributed by atoms with Crippen LogP contribution in [-0.2, 0) is 0 Å². The van der Waals surface area contributed by atoms with E-state index in [0.717, 1.165) is 56.6 Å². The number of unbranched alkanes of at least 4 members (excludes halogenated alkanes) is 1. The van der Waals surface area contributed by atoms with Crippen molar-refractivity contribution in [3.8, 4) is 5.75 Å². The van der Waals surface area contributed by atoms with Gasteiger partial charge in [0.1, 0.15) is 5.75 Å². The van der Waals surface area contributed by atoms with Gasteiger partial charge in [0, 0.05) is 24.7 Å². The van der Waals surface area contributed by atoms with Gasteiger partial charge in [-0.15, -0.1) is 12.4 Å². The monoisotopic (exact) mass is 326 g/mol. The zero-order chi connectivity index (χ0) is 15.1. The standard InChI is InChI=1S/C17H26N2O2.ClH/c1-2-3-12-21-16-9-7-14(8-10-16)17(20)19-11-5-4-6-15(19)13-18;/h7-10,15H,2-6,11-13,18H2,1H3;1H. The molecule has 2 N–H and O–H groups in total. The van der Waals surface area contributed by atoms with Gasteiger partial charge in [0.2, 0.25) is 0 Å². The molecule has 0 aromatic heterocycles. The number of carbonyl (C=O) groups excluding carboxylic acids is 1. The molecule has 0 radical (unpaired) electrons. The number of likely N-dealkylation sites (tertiary alicyclic amines) is 1. The first-order valence-corrected chi connectivity index (χ1v) is 8.00. The summed E-state index contributed by atoms with van der Waals surface area (Å²) in [5.74, 6) is 0.916. The van der Waals surface area contributed by atoms with E-state index in [9.17, 15) is 4.79 Å². The fourth-order valence-corrected chi connectivity index (χ4v) is 2.71. The number of nitrogens with zero attached hydrogens (tertiary/aromatic N) is 1. The molecule has 1 amide bonds. The Balaban J connectivity index is 0.00000242. The van der Waals surface area contributed by atoms with Crippen molar-refractivity contribution in [1.29, 1.82) is 0 Å². The molecular formula is C17H27ClN2O2. The van der Waals surface area contributed by atoms with Gasteiger partial charge >= 0.3 is 0 Å². The van der Waals surface area contributed by atoms with Crippen LogP contribution in [0, 0.1) is 0 Å². The second-order valence-electron chi connectivity index (χ2n) is 5.61. The highest BCUT2D eigenvalue weighted by Gasteiger charge is 2.26. The van der Waals surface area contributed by atoms with Crippen LogP contribution in [-0.4, -0.2) is 36.5 Å². The molecule has 0 aliphatic carbocycles. The first-order valence-electron chi connectivity index (χ1n) is 8.00. The van der Waals surface area contributed by atoms with Gasteiger partial charge in [-0.1, -0.05) is 13.3 Å². The zero-order valence-corrected chi connectivity index (χ0v) is 14.1. The van der Waals surface area contributed by atoms with E-state index in [-0.39, 0.29) is 24.4 Å². The topological polar surface area (TPSA) is 55.6 Å². The fraction of sp³-hybridized carbons (Fsp3) is 0.588. The molecule has 1 aromatic rings. The lowest BCUT2D eigenvalue weighted by Gasteiger charge is -2.35. The predicted molar refractivity (Wildman–Crippen MR) is 91.8 cm³/mol. The SMILES string of the molecule is CCCCOc1ccc(C(=O)N2CCCCC2CN)cc1.Cl. The highest BCUT2D eigenvalue weighted by atomic mass is 35.5. The van der Waals surface area contributed by atoms with Crippen molar-refractivity contribution < 1.29 is 9.53 Å². The second kappa shape index (κ2) is 9.70. The van der Waals surface area contributed by atoms with E-state index in [1.807, 2.05) is 29.2 Å². The zero-order valence-electron chi connectivity index (χ0n) is 13.3. The molecule has 0 spiro atoms. The number of benzene rings is 1. The van der Waals surface area contributed by atoms with Gasteiger partial charge in [-0.2, -0.15) is 0 Å². The maximum absolute atomic E-state index is 12.6. The summed E-state index contributed by atoms with van der Waals surface area (Å²) in [5.41, 5.74) is 6.51. The second-order valence-corrected chi connectivity index (χ2v) is 5.61. The van der Waals surface area contributed by atoms with Crippen LogP contribution in [0.2, 0.25) is 0 Å². The minimum atomic E-state index is 0. The summed E-state index contributed by atoms with van der Waals surface area (Å²) in [5, 5.41) is 0. The quantitative estimate of drug-likeness (QED) is 0.816. The number of carbonyl (C=O) groups is 1. The van der Waals surface area contributed by atoms with Crippen LogP contribution < -0.4 is 10.5 Å². The first-order chi connectivity index (χ1) is 10.3.